The zero-order chi connectivity index (χ0) is 19.9. The van der Waals surface area contributed by atoms with E-state index in [1.165, 1.54) is 4.88 Å². The third kappa shape index (κ3) is 7.28. The van der Waals surface area contributed by atoms with E-state index in [1.54, 1.807) is 18.4 Å². The van der Waals surface area contributed by atoms with E-state index in [2.05, 4.69) is 25.3 Å². The van der Waals surface area contributed by atoms with E-state index in [-0.39, 0.29) is 11.8 Å². The highest BCUT2D eigenvalue weighted by molar-refractivity contribution is 7.88. The molecule has 0 aliphatic carbocycles. The molecule has 1 aromatic heterocycles. The molecule has 27 heavy (non-hydrogen) atoms. The first-order valence-corrected chi connectivity index (χ1v) is 11.2. The van der Waals surface area contributed by atoms with E-state index in [9.17, 15) is 8.42 Å². The number of hydrogen-bond donors (Lipinski definition) is 3. The van der Waals surface area contributed by atoms with Crippen molar-refractivity contribution in [2.24, 2.45) is 4.99 Å². The van der Waals surface area contributed by atoms with Crippen LogP contribution in [0, 0.1) is 6.92 Å². The third-order valence-electron chi connectivity index (χ3n) is 3.63. The monoisotopic (exact) mass is 409 g/mol. The van der Waals surface area contributed by atoms with E-state index in [0.717, 1.165) is 16.1 Å². The first-order chi connectivity index (χ1) is 12.8. The lowest BCUT2D eigenvalue weighted by molar-refractivity contribution is 0.568. The molecule has 2 aromatic rings. The van der Waals surface area contributed by atoms with Crippen LogP contribution in [0.15, 0.2) is 35.5 Å². The Balaban J connectivity index is 1.98. The molecule has 1 aromatic carbocycles. The zero-order valence-corrected chi connectivity index (χ0v) is 17.7. The number of rotatable bonds is 8. The van der Waals surface area contributed by atoms with Crippen LogP contribution >= 0.6 is 11.3 Å². The predicted molar refractivity (Wildman–Crippen MR) is 111 cm³/mol. The summed E-state index contributed by atoms with van der Waals surface area (Å²) >= 11 is 1.64. The van der Waals surface area contributed by atoms with Crippen molar-refractivity contribution in [2.75, 3.05) is 7.05 Å². The summed E-state index contributed by atoms with van der Waals surface area (Å²) in [5.74, 6) is 0.591. The smallest absolute Gasteiger partial charge is 0.216 e. The number of thiazole rings is 1. The molecular weight excluding hydrogens is 382 g/mol. The molecule has 0 radical (unpaired) electrons. The largest absolute Gasteiger partial charge is 0.352 e. The number of nitrogens with zero attached hydrogens (tertiary/aromatic N) is 2. The summed E-state index contributed by atoms with van der Waals surface area (Å²) in [4.78, 5) is 9.69. The van der Waals surface area contributed by atoms with E-state index in [4.69, 9.17) is 0 Å². The second kappa shape index (κ2) is 9.82. The van der Waals surface area contributed by atoms with Gasteiger partial charge in [0, 0.05) is 30.7 Å². The molecule has 3 N–H and O–H groups in total. The Morgan fingerprint density at radius 1 is 1.19 bits per heavy atom. The number of aliphatic imine (C=N–C) groups is 1. The van der Waals surface area contributed by atoms with Gasteiger partial charge in [-0.3, -0.25) is 4.99 Å². The molecule has 0 saturated carbocycles. The van der Waals surface area contributed by atoms with Crippen LogP contribution in [-0.2, 0) is 28.9 Å². The van der Waals surface area contributed by atoms with Crippen LogP contribution in [-0.4, -0.2) is 32.5 Å². The highest BCUT2D eigenvalue weighted by Crippen LogP contribution is 2.13. The Hall–Kier alpha value is -1.97. The van der Waals surface area contributed by atoms with Gasteiger partial charge in [0.15, 0.2) is 5.96 Å². The highest BCUT2D eigenvalue weighted by Gasteiger charge is 2.15. The molecule has 0 unspecified atom stereocenters. The van der Waals surface area contributed by atoms with Crippen LogP contribution in [0.5, 0.6) is 0 Å². The number of hydrogen-bond acceptors (Lipinski definition) is 5. The number of guanidine groups is 1. The Morgan fingerprint density at radius 3 is 2.44 bits per heavy atom. The van der Waals surface area contributed by atoms with Crippen molar-refractivity contribution in [1.82, 2.24) is 20.3 Å². The van der Waals surface area contributed by atoms with Crippen molar-refractivity contribution < 1.29 is 8.42 Å². The van der Waals surface area contributed by atoms with E-state index < -0.39 is 10.0 Å². The zero-order valence-electron chi connectivity index (χ0n) is 16.1. The average molecular weight is 410 g/mol. The molecule has 0 aliphatic rings. The second-order valence-corrected chi connectivity index (χ2v) is 9.52. The predicted octanol–water partition coefficient (Wildman–Crippen LogP) is 2.14. The van der Waals surface area contributed by atoms with Gasteiger partial charge in [-0.15, -0.1) is 11.3 Å². The lowest BCUT2D eigenvalue weighted by Crippen LogP contribution is -2.36. The van der Waals surface area contributed by atoms with Gasteiger partial charge in [-0.2, -0.15) is 0 Å². The van der Waals surface area contributed by atoms with Gasteiger partial charge in [-0.25, -0.2) is 18.1 Å². The van der Waals surface area contributed by atoms with Gasteiger partial charge in [-0.1, -0.05) is 24.3 Å². The van der Waals surface area contributed by atoms with E-state index >= 15 is 0 Å². The van der Waals surface area contributed by atoms with Crippen LogP contribution in [0.2, 0.25) is 0 Å². The molecule has 0 saturated heterocycles. The molecule has 9 heteroatoms. The van der Waals surface area contributed by atoms with Gasteiger partial charge >= 0.3 is 0 Å². The van der Waals surface area contributed by atoms with Crippen molar-refractivity contribution in [3.8, 4) is 0 Å². The maximum Gasteiger partial charge on any atom is 0.216 e. The molecule has 0 atom stereocenters. The quantitative estimate of drug-likeness (QED) is 0.459. The molecule has 0 spiro atoms. The number of aromatic nitrogens is 1. The molecule has 0 aliphatic heterocycles. The maximum absolute atomic E-state index is 12.2. The standard InChI is InChI=1S/C18H27N5O2S2/c1-13(2)23-27(24,25)12-16-8-6-5-7-15(16)10-21-18(19-4)22-11-17-20-9-14(3)26-17/h5-9,13,23H,10-12H2,1-4H3,(H2,19,21,22). The first kappa shape index (κ1) is 21.3. The molecule has 0 bridgehead atoms. The van der Waals surface area contributed by atoms with Gasteiger partial charge < -0.3 is 10.6 Å². The Kier molecular flexibility index (Phi) is 7.76. The molecule has 0 fully saturated rings. The van der Waals surface area contributed by atoms with Crippen molar-refractivity contribution in [1.29, 1.82) is 0 Å². The Labute approximate surface area is 165 Å². The van der Waals surface area contributed by atoms with Crippen molar-refractivity contribution in [2.45, 2.75) is 45.7 Å². The van der Waals surface area contributed by atoms with Gasteiger partial charge in [0.2, 0.25) is 10.0 Å². The topological polar surface area (TPSA) is 95.5 Å². The molecule has 1 heterocycles. The minimum Gasteiger partial charge on any atom is -0.352 e. The highest BCUT2D eigenvalue weighted by atomic mass is 32.2. The van der Waals surface area contributed by atoms with Crippen molar-refractivity contribution in [3.05, 3.63) is 51.5 Å². The fraction of sp³-hybridized carbons (Fsp3) is 0.444. The fourth-order valence-corrected chi connectivity index (χ4v) is 4.74. The summed E-state index contributed by atoms with van der Waals surface area (Å²) in [5, 5.41) is 7.44. The third-order valence-corrected chi connectivity index (χ3v) is 6.06. The minimum absolute atomic E-state index is 0.0482. The lowest BCUT2D eigenvalue weighted by Gasteiger charge is -2.15. The summed E-state index contributed by atoms with van der Waals surface area (Å²) in [5.41, 5.74) is 1.68. The lowest BCUT2D eigenvalue weighted by atomic mass is 10.1. The molecule has 148 valence electrons. The molecular formula is C18H27N5O2S2. The molecule has 2 rings (SSSR count). The van der Waals surface area contributed by atoms with Crippen molar-refractivity contribution in [3.63, 3.8) is 0 Å². The minimum atomic E-state index is -3.37. The number of nitrogens with one attached hydrogen (secondary N) is 3. The van der Waals surface area contributed by atoms with Gasteiger partial charge in [0.25, 0.3) is 0 Å². The first-order valence-electron chi connectivity index (χ1n) is 8.71. The van der Waals surface area contributed by atoms with Crippen LogP contribution in [0.1, 0.15) is 34.9 Å². The number of sulfonamides is 1. The van der Waals surface area contributed by atoms with Gasteiger partial charge in [-0.05, 0) is 31.9 Å². The van der Waals surface area contributed by atoms with E-state index in [1.807, 2.05) is 51.2 Å². The SMILES string of the molecule is CN=C(NCc1ncc(C)s1)NCc1ccccc1CS(=O)(=O)NC(C)C. The summed E-state index contributed by atoms with van der Waals surface area (Å²) < 4.78 is 27.1. The Bertz CT molecular complexity index is 875. The van der Waals surface area contributed by atoms with Crippen LogP contribution in [0.3, 0.4) is 0 Å². The summed E-state index contributed by atoms with van der Waals surface area (Å²) in [6.45, 7) is 6.71. The summed E-state index contributed by atoms with van der Waals surface area (Å²) in [6, 6.07) is 7.38. The second-order valence-electron chi connectivity index (χ2n) is 6.44. The van der Waals surface area contributed by atoms with Gasteiger partial charge in [0.05, 0.1) is 12.3 Å². The fourth-order valence-electron chi connectivity index (χ4n) is 2.52. The Morgan fingerprint density at radius 2 is 1.85 bits per heavy atom. The molecule has 7 nitrogen and oxygen atoms in total. The normalized spacial score (nSPS) is 12.4. The van der Waals surface area contributed by atoms with Crippen LogP contribution in [0.4, 0.5) is 0 Å². The average Bonchev–Trinajstić information content (AvgIpc) is 3.00. The molecule has 0 amide bonds. The number of benzene rings is 1. The van der Waals surface area contributed by atoms with Crippen molar-refractivity contribution >= 4 is 27.3 Å². The maximum atomic E-state index is 12.2. The van der Waals surface area contributed by atoms with Crippen LogP contribution < -0.4 is 15.4 Å². The van der Waals surface area contributed by atoms with Crippen LogP contribution in [0.25, 0.3) is 0 Å². The van der Waals surface area contributed by atoms with E-state index in [0.29, 0.717) is 19.0 Å². The summed E-state index contributed by atoms with van der Waals surface area (Å²) in [6.07, 6.45) is 1.85. The van der Waals surface area contributed by atoms with Gasteiger partial charge in [0.1, 0.15) is 5.01 Å². The summed E-state index contributed by atoms with van der Waals surface area (Å²) in [7, 11) is -1.68. The number of aryl methyl sites for hydroxylation is 1.